The van der Waals surface area contributed by atoms with Crippen LogP contribution in [0.3, 0.4) is 0 Å². The third-order valence-corrected chi connectivity index (χ3v) is 6.27. The fraction of sp³-hybridized carbons (Fsp3) is 0.524. The quantitative estimate of drug-likeness (QED) is 0.576. The normalized spacial score (nSPS) is 15.6. The van der Waals surface area contributed by atoms with Crippen LogP contribution in [0.5, 0.6) is 5.75 Å². The van der Waals surface area contributed by atoms with Crippen molar-refractivity contribution < 1.29 is 9.13 Å². The lowest BCUT2D eigenvalue weighted by molar-refractivity contribution is 0.172. The zero-order valence-corrected chi connectivity index (χ0v) is 18.5. The number of aromatic nitrogens is 1. The summed E-state index contributed by atoms with van der Waals surface area (Å²) in [7, 11) is 3.31. The second-order valence-electron chi connectivity index (χ2n) is 7.20. The van der Waals surface area contributed by atoms with E-state index in [9.17, 15) is 4.39 Å². The van der Waals surface area contributed by atoms with Gasteiger partial charge in [-0.3, -0.25) is 9.89 Å². The number of piperazine rings is 1. The van der Waals surface area contributed by atoms with Crippen LogP contribution in [-0.2, 0) is 13.0 Å². The Morgan fingerprint density at radius 2 is 2.03 bits per heavy atom. The van der Waals surface area contributed by atoms with Gasteiger partial charge in [-0.15, -0.1) is 11.3 Å². The predicted octanol–water partition coefficient (Wildman–Crippen LogP) is 2.84. The van der Waals surface area contributed by atoms with Crippen molar-refractivity contribution in [3.05, 3.63) is 45.2 Å². The third-order valence-electron chi connectivity index (χ3n) is 5.14. The van der Waals surface area contributed by atoms with Crippen LogP contribution < -0.4 is 10.1 Å². The average molecular weight is 420 g/mol. The molecule has 2 aromatic rings. The van der Waals surface area contributed by atoms with Gasteiger partial charge in [0.25, 0.3) is 0 Å². The van der Waals surface area contributed by atoms with Gasteiger partial charge in [0.15, 0.2) is 17.5 Å². The summed E-state index contributed by atoms with van der Waals surface area (Å²) < 4.78 is 18.9. The molecule has 1 fully saturated rings. The van der Waals surface area contributed by atoms with E-state index in [1.165, 1.54) is 12.0 Å². The first-order valence-corrected chi connectivity index (χ1v) is 10.7. The number of benzene rings is 1. The van der Waals surface area contributed by atoms with Gasteiger partial charge < -0.3 is 15.0 Å². The Kier molecular flexibility index (Phi) is 7.44. The highest BCUT2D eigenvalue weighted by molar-refractivity contribution is 7.11. The Bertz CT molecular complexity index is 846. The Labute approximate surface area is 176 Å². The molecule has 1 aromatic carbocycles. The number of nitrogens with zero attached hydrogens (tertiary/aromatic N) is 4. The van der Waals surface area contributed by atoms with E-state index >= 15 is 0 Å². The summed E-state index contributed by atoms with van der Waals surface area (Å²) in [4.78, 5) is 14.9. The van der Waals surface area contributed by atoms with Crippen LogP contribution in [0.15, 0.2) is 23.2 Å². The first kappa shape index (κ1) is 21.5. The molecule has 0 amide bonds. The lowest BCUT2D eigenvalue weighted by atomic mass is 10.2. The van der Waals surface area contributed by atoms with Gasteiger partial charge >= 0.3 is 0 Å². The van der Waals surface area contributed by atoms with Gasteiger partial charge in [-0.25, -0.2) is 9.37 Å². The van der Waals surface area contributed by atoms with Crippen LogP contribution in [0.4, 0.5) is 4.39 Å². The van der Waals surface area contributed by atoms with E-state index < -0.39 is 0 Å². The lowest BCUT2D eigenvalue weighted by Crippen LogP contribution is -2.52. The number of methoxy groups -OCH3 is 1. The Morgan fingerprint density at radius 1 is 1.28 bits per heavy atom. The molecule has 1 N–H and O–H groups in total. The number of guanidine groups is 1. The number of hydrogen-bond acceptors (Lipinski definition) is 5. The minimum atomic E-state index is -0.306. The molecular weight excluding hydrogens is 389 g/mol. The van der Waals surface area contributed by atoms with E-state index in [1.54, 1.807) is 23.5 Å². The molecule has 8 heteroatoms. The van der Waals surface area contributed by atoms with Crippen LogP contribution in [0, 0.1) is 19.7 Å². The first-order valence-electron chi connectivity index (χ1n) is 9.93. The molecule has 3 rings (SSSR count). The van der Waals surface area contributed by atoms with E-state index in [0.717, 1.165) is 67.9 Å². The van der Waals surface area contributed by atoms with Gasteiger partial charge in [-0.05, 0) is 31.5 Å². The summed E-state index contributed by atoms with van der Waals surface area (Å²) in [5.41, 5.74) is 2.10. The maximum Gasteiger partial charge on any atom is 0.193 e. The molecule has 0 saturated carbocycles. The molecule has 0 spiro atoms. The van der Waals surface area contributed by atoms with Crippen molar-refractivity contribution in [2.24, 2.45) is 4.99 Å². The van der Waals surface area contributed by atoms with Crippen LogP contribution in [0.2, 0.25) is 0 Å². The standard InChI is InChI=1S/C21H30FN5OS/c1-15-20(29-16(2)25-15)7-8-24-21(23-3)27-11-9-26(10-12-27)14-17-5-6-19(28-4)18(22)13-17/h5-6,13H,7-12,14H2,1-4H3,(H,23,24). The van der Waals surface area contributed by atoms with Gasteiger partial charge in [0.05, 0.1) is 17.8 Å². The molecule has 1 aromatic heterocycles. The molecule has 1 aliphatic rings. The van der Waals surface area contributed by atoms with Crippen LogP contribution in [0.1, 0.15) is 21.1 Å². The van der Waals surface area contributed by atoms with Crippen molar-refractivity contribution in [2.75, 3.05) is 46.9 Å². The maximum absolute atomic E-state index is 13.9. The van der Waals surface area contributed by atoms with E-state index in [0.29, 0.717) is 0 Å². The van der Waals surface area contributed by atoms with Crippen molar-refractivity contribution in [3.63, 3.8) is 0 Å². The Balaban J connectivity index is 1.46. The summed E-state index contributed by atoms with van der Waals surface area (Å²) in [5.74, 6) is 0.927. The average Bonchev–Trinajstić information content (AvgIpc) is 3.03. The number of ether oxygens (including phenoxy) is 1. The fourth-order valence-electron chi connectivity index (χ4n) is 3.61. The van der Waals surface area contributed by atoms with Gasteiger partial charge in [-0.1, -0.05) is 6.07 Å². The van der Waals surface area contributed by atoms with Crippen LogP contribution >= 0.6 is 11.3 Å². The summed E-state index contributed by atoms with van der Waals surface area (Å²) >= 11 is 1.77. The second kappa shape index (κ2) is 10.0. The molecule has 0 bridgehead atoms. The monoisotopic (exact) mass is 419 g/mol. The number of aryl methyl sites for hydroxylation is 2. The number of aliphatic imine (C=N–C) groups is 1. The van der Waals surface area contributed by atoms with Crippen molar-refractivity contribution in [1.29, 1.82) is 0 Å². The van der Waals surface area contributed by atoms with Crippen LogP contribution in [-0.4, -0.2) is 67.6 Å². The number of halogens is 1. The van der Waals surface area contributed by atoms with Crippen molar-refractivity contribution in [1.82, 2.24) is 20.1 Å². The number of thiazole rings is 1. The molecule has 0 aliphatic carbocycles. The van der Waals surface area contributed by atoms with Gasteiger partial charge in [-0.2, -0.15) is 0 Å². The smallest absolute Gasteiger partial charge is 0.193 e. The number of nitrogens with one attached hydrogen (secondary N) is 1. The molecule has 1 saturated heterocycles. The largest absolute Gasteiger partial charge is 0.494 e. The molecule has 1 aliphatic heterocycles. The topological polar surface area (TPSA) is 53.0 Å². The molecule has 0 unspecified atom stereocenters. The van der Waals surface area contributed by atoms with Gasteiger partial charge in [0.2, 0.25) is 0 Å². The molecule has 2 heterocycles. The van der Waals surface area contributed by atoms with Crippen molar-refractivity contribution in [2.45, 2.75) is 26.8 Å². The Hall–Kier alpha value is -2.19. The fourth-order valence-corrected chi connectivity index (χ4v) is 4.55. The minimum absolute atomic E-state index is 0.289. The molecule has 0 radical (unpaired) electrons. The summed E-state index contributed by atoms with van der Waals surface area (Å²) in [6.45, 7) is 9.34. The first-order chi connectivity index (χ1) is 14.0. The SMILES string of the molecule is CN=C(NCCc1sc(C)nc1C)N1CCN(Cc2ccc(OC)c(F)c2)CC1. The zero-order valence-electron chi connectivity index (χ0n) is 17.7. The maximum atomic E-state index is 13.9. The predicted molar refractivity (Wildman–Crippen MR) is 116 cm³/mol. The van der Waals surface area contributed by atoms with Gasteiger partial charge in [0.1, 0.15) is 0 Å². The zero-order chi connectivity index (χ0) is 20.8. The molecule has 29 heavy (non-hydrogen) atoms. The number of hydrogen-bond donors (Lipinski definition) is 1. The highest BCUT2D eigenvalue weighted by Crippen LogP contribution is 2.19. The summed E-state index contributed by atoms with van der Waals surface area (Å²) in [6, 6.07) is 5.19. The van der Waals surface area contributed by atoms with Gasteiger partial charge in [0, 0.05) is 57.6 Å². The molecule has 158 valence electrons. The van der Waals surface area contributed by atoms with Crippen molar-refractivity contribution >= 4 is 17.3 Å². The van der Waals surface area contributed by atoms with E-state index in [1.807, 2.05) is 20.0 Å². The summed E-state index contributed by atoms with van der Waals surface area (Å²) in [6.07, 6.45) is 0.958. The second-order valence-corrected chi connectivity index (χ2v) is 8.49. The number of rotatable bonds is 6. The van der Waals surface area contributed by atoms with E-state index in [-0.39, 0.29) is 11.6 Å². The highest BCUT2D eigenvalue weighted by Gasteiger charge is 2.20. The van der Waals surface area contributed by atoms with Crippen molar-refractivity contribution in [3.8, 4) is 5.75 Å². The molecule has 6 nitrogen and oxygen atoms in total. The summed E-state index contributed by atoms with van der Waals surface area (Å²) in [5, 5.41) is 4.60. The minimum Gasteiger partial charge on any atom is -0.494 e. The third kappa shape index (κ3) is 5.67. The van der Waals surface area contributed by atoms with E-state index in [2.05, 4.69) is 32.0 Å². The molecule has 0 atom stereocenters. The lowest BCUT2D eigenvalue weighted by Gasteiger charge is -2.36. The highest BCUT2D eigenvalue weighted by atomic mass is 32.1. The van der Waals surface area contributed by atoms with E-state index in [4.69, 9.17) is 4.74 Å². The molecular formula is C21H30FN5OS. The Morgan fingerprint density at radius 3 is 2.62 bits per heavy atom. The van der Waals surface area contributed by atoms with Crippen LogP contribution in [0.25, 0.3) is 0 Å².